The average molecular weight is 221 g/mol. The number of benzene rings is 1. The van der Waals surface area contributed by atoms with E-state index in [1.807, 2.05) is 19.9 Å². The number of nitrogens with zero attached hydrogens (tertiary/aromatic N) is 1. The molecule has 0 aliphatic heterocycles. The van der Waals surface area contributed by atoms with Gasteiger partial charge in [0.25, 0.3) is 0 Å². The first-order valence-electron chi connectivity index (χ1n) is 5.45. The molecule has 0 radical (unpaired) electrons. The molecule has 0 saturated carbocycles. The number of ether oxygens (including phenoxy) is 1. The summed E-state index contributed by atoms with van der Waals surface area (Å²) in [5, 5.41) is 8.40. The molecule has 0 aliphatic rings. The van der Waals surface area contributed by atoms with Crippen molar-refractivity contribution in [3.63, 3.8) is 0 Å². The van der Waals surface area contributed by atoms with Gasteiger partial charge >= 0.3 is 0 Å². The fourth-order valence-electron chi connectivity index (χ4n) is 1.42. The Labute approximate surface area is 95.7 Å². The summed E-state index contributed by atoms with van der Waals surface area (Å²) in [4.78, 5) is 0. The largest absolute Gasteiger partial charge is 0.488 e. The smallest absolute Gasteiger partial charge is 0.165 e. The molecule has 0 fully saturated rings. The molecule has 0 spiro atoms. The predicted molar refractivity (Wildman–Crippen MR) is 60.7 cm³/mol. The van der Waals surface area contributed by atoms with Gasteiger partial charge < -0.3 is 4.74 Å². The zero-order chi connectivity index (χ0) is 12.0. The molecule has 0 amide bonds. The van der Waals surface area contributed by atoms with E-state index in [0.717, 1.165) is 18.4 Å². The molecule has 1 aromatic rings. The van der Waals surface area contributed by atoms with Crippen LogP contribution in [0.3, 0.4) is 0 Å². The highest BCUT2D eigenvalue weighted by Gasteiger charge is 2.06. The number of unbranched alkanes of at least 4 members (excludes halogenated alkanes) is 1. The Morgan fingerprint density at radius 3 is 2.75 bits per heavy atom. The van der Waals surface area contributed by atoms with Crippen LogP contribution in [0.4, 0.5) is 4.39 Å². The van der Waals surface area contributed by atoms with Crippen molar-refractivity contribution in [3.8, 4) is 11.8 Å². The van der Waals surface area contributed by atoms with Crippen molar-refractivity contribution >= 4 is 0 Å². The summed E-state index contributed by atoms with van der Waals surface area (Å²) in [5.41, 5.74) is 0.906. The lowest BCUT2D eigenvalue weighted by Gasteiger charge is -2.11. The average Bonchev–Trinajstić information content (AvgIpc) is 2.22. The Bertz CT molecular complexity index is 382. The Balaban J connectivity index is 2.64. The van der Waals surface area contributed by atoms with E-state index in [1.54, 1.807) is 6.07 Å². The first-order valence-corrected chi connectivity index (χ1v) is 5.45. The number of halogens is 1. The molecular weight excluding hydrogens is 205 g/mol. The molecule has 0 atom stereocenters. The van der Waals surface area contributed by atoms with E-state index in [-0.39, 0.29) is 11.9 Å². The number of rotatable bonds is 5. The van der Waals surface area contributed by atoms with Gasteiger partial charge in [0, 0.05) is 6.42 Å². The summed E-state index contributed by atoms with van der Waals surface area (Å²) in [6.45, 7) is 3.72. The molecule has 1 aromatic carbocycles. The second-order valence-electron chi connectivity index (χ2n) is 3.94. The highest BCUT2D eigenvalue weighted by atomic mass is 19.1. The molecular formula is C13H16FNO. The van der Waals surface area contributed by atoms with E-state index in [0.29, 0.717) is 12.2 Å². The van der Waals surface area contributed by atoms with Crippen LogP contribution in [-0.4, -0.2) is 6.10 Å². The summed E-state index contributed by atoms with van der Waals surface area (Å²) >= 11 is 0. The van der Waals surface area contributed by atoms with Crippen molar-refractivity contribution in [1.29, 1.82) is 5.26 Å². The Hall–Kier alpha value is -1.56. The van der Waals surface area contributed by atoms with Crippen LogP contribution in [0.15, 0.2) is 18.2 Å². The van der Waals surface area contributed by atoms with E-state index < -0.39 is 0 Å². The third kappa shape index (κ3) is 3.90. The molecule has 0 bridgehead atoms. The van der Waals surface area contributed by atoms with Gasteiger partial charge in [-0.05, 0) is 44.4 Å². The van der Waals surface area contributed by atoms with Gasteiger partial charge in [0.1, 0.15) is 0 Å². The van der Waals surface area contributed by atoms with Crippen molar-refractivity contribution in [2.75, 3.05) is 0 Å². The third-order valence-corrected chi connectivity index (χ3v) is 2.11. The van der Waals surface area contributed by atoms with E-state index in [1.165, 1.54) is 6.07 Å². The normalized spacial score (nSPS) is 10.2. The van der Waals surface area contributed by atoms with Crippen LogP contribution in [0.2, 0.25) is 0 Å². The molecule has 1 rings (SSSR count). The number of aryl methyl sites for hydroxylation is 1. The SMILES string of the molecule is CC(C)Oc1ccc(CCCC#N)cc1F. The molecule has 0 unspecified atom stereocenters. The van der Waals surface area contributed by atoms with E-state index >= 15 is 0 Å². The standard InChI is InChI=1S/C13H16FNO/c1-10(2)16-13-7-6-11(9-12(13)14)5-3-4-8-15/h6-7,9-10H,3-5H2,1-2H3. The fourth-order valence-corrected chi connectivity index (χ4v) is 1.42. The highest BCUT2D eigenvalue weighted by molar-refractivity contribution is 5.29. The second kappa shape index (κ2) is 6.12. The number of nitriles is 1. The highest BCUT2D eigenvalue weighted by Crippen LogP contribution is 2.20. The molecule has 0 saturated heterocycles. The van der Waals surface area contributed by atoms with Gasteiger partial charge in [0.2, 0.25) is 0 Å². The summed E-state index contributed by atoms with van der Waals surface area (Å²) in [5.74, 6) is -0.0396. The van der Waals surface area contributed by atoms with E-state index in [2.05, 4.69) is 6.07 Å². The van der Waals surface area contributed by atoms with Crippen LogP contribution < -0.4 is 4.74 Å². The van der Waals surface area contributed by atoms with Gasteiger partial charge in [-0.3, -0.25) is 0 Å². The van der Waals surface area contributed by atoms with E-state index in [4.69, 9.17) is 10.00 Å². The summed E-state index contributed by atoms with van der Waals surface area (Å²) in [6.07, 6.45) is 1.97. The van der Waals surface area contributed by atoms with Crippen molar-refractivity contribution < 1.29 is 9.13 Å². The van der Waals surface area contributed by atoms with Crippen molar-refractivity contribution in [2.45, 2.75) is 39.2 Å². The Morgan fingerprint density at radius 2 is 2.19 bits per heavy atom. The van der Waals surface area contributed by atoms with Crippen molar-refractivity contribution in [3.05, 3.63) is 29.6 Å². The van der Waals surface area contributed by atoms with Crippen molar-refractivity contribution in [2.24, 2.45) is 0 Å². The molecule has 0 aromatic heterocycles. The topological polar surface area (TPSA) is 33.0 Å². The lowest BCUT2D eigenvalue weighted by atomic mass is 10.1. The lowest BCUT2D eigenvalue weighted by Crippen LogP contribution is -2.07. The lowest BCUT2D eigenvalue weighted by molar-refractivity contribution is 0.231. The van der Waals surface area contributed by atoms with Crippen LogP contribution >= 0.6 is 0 Å². The minimum absolute atomic E-state index is 0.0288. The van der Waals surface area contributed by atoms with Crippen LogP contribution in [0.5, 0.6) is 5.75 Å². The fraction of sp³-hybridized carbons (Fsp3) is 0.462. The summed E-state index contributed by atoms with van der Waals surface area (Å²) < 4.78 is 18.8. The number of hydrogen-bond acceptors (Lipinski definition) is 2. The van der Waals surface area contributed by atoms with Gasteiger partial charge in [-0.15, -0.1) is 0 Å². The van der Waals surface area contributed by atoms with Crippen LogP contribution in [0.25, 0.3) is 0 Å². The Morgan fingerprint density at radius 1 is 1.44 bits per heavy atom. The first-order chi connectivity index (χ1) is 7.63. The third-order valence-electron chi connectivity index (χ3n) is 2.11. The van der Waals surface area contributed by atoms with Gasteiger partial charge in [0.15, 0.2) is 11.6 Å². The van der Waals surface area contributed by atoms with Gasteiger partial charge in [0.05, 0.1) is 12.2 Å². The molecule has 0 aliphatic carbocycles. The monoisotopic (exact) mass is 221 g/mol. The minimum atomic E-state index is -0.330. The molecule has 86 valence electrons. The van der Waals surface area contributed by atoms with Gasteiger partial charge in [-0.2, -0.15) is 5.26 Å². The van der Waals surface area contributed by atoms with Crippen LogP contribution in [0.1, 0.15) is 32.3 Å². The van der Waals surface area contributed by atoms with Crippen LogP contribution in [-0.2, 0) is 6.42 Å². The quantitative estimate of drug-likeness (QED) is 0.713. The summed E-state index contributed by atoms with van der Waals surface area (Å²) in [6, 6.07) is 7.05. The van der Waals surface area contributed by atoms with Gasteiger partial charge in [-0.1, -0.05) is 6.07 Å². The maximum atomic E-state index is 13.5. The van der Waals surface area contributed by atoms with Crippen molar-refractivity contribution in [1.82, 2.24) is 0 Å². The predicted octanol–water partition coefficient (Wildman–Crippen LogP) is 3.46. The summed E-state index contributed by atoms with van der Waals surface area (Å²) in [7, 11) is 0. The molecule has 16 heavy (non-hydrogen) atoms. The second-order valence-corrected chi connectivity index (χ2v) is 3.94. The van der Waals surface area contributed by atoms with Gasteiger partial charge in [-0.25, -0.2) is 4.39 Å². The zero-order valence-electron chi connectivity index (χ0n) is 9.66. The molecule has 2 nitrogen and oxygen atoms in total. The number of hydrogen-bond donors (Lipinski definition) is 0. The molecule has 0 heterocycles. The van der Waals surface area contributed by atoms with E-state index in [9.17, 15) is 4.39 Å². The first kappa shape index (κ1) is 12.5. The zero-order valence-corrected chi connectivity index (χ0v) is 9.66. The van der Waals surface area contributed by atoms with Crippen LogP contribution in [0, 0.1) is 17.1 Å². The molecule has 0 N–H and O–H groups in total. The minimum Gasteiger partial charge on any atom is -0.488 e. The molecule has 3 heteroatoms. The maximum absolute atomic E-state index is 13.5. The maximum Gasteiger partial charge on any atom is 0.165 e. The Kier molecular flexibility index (Phi) is 4.78.